The van der Waals surface area contributed by atoms with Gasteiger partial charge in [-0.15, -0.1) is 0 Å². The summed E-state index contributed by atoms with van der Waals surface area (Å²) in [6.45, 7) is 4.24. The maximum atomic E-state index is 12.9. The number of fused-ring (bicyclic) bond motifs is 1. The fourth-order valence-electron chi connectivity index (χ4n) is 2.95. The number of nitrogens with zero attached hydrogens (tertiary/aromatic N) is 3. The highest BCUT2D eigenvalue weighted by molar-refractivity contribution is 6.04. The number of amides is 1. The smallest absolute Gasteiger partial charge is 0.414 e. The zero-order valence-corrected chi connectivity index (χ0v) is 15.7. The van der Waals surface area contributed by atoms with Crippen molar-refractivity contribution in [2.45, 2.75) is 20.5 Å². The van der Waals surface area contributed by atoms with Crippen LogP contribution < -0.4 is 4.90 Å². The molecule has 0 radical (unpaired) electrons. The molecule has 144 valence electrons. The first kappa shape index (κ1) is 19.3. The minimum Gasteiger partial charge on any atom is -0.444 e. The van der Waals surface area contributed by atoms with Crippen LogP contribution in [-0.4, -0.2) is 22.5 Å². The maximum absolute atomic E-state index is 12.9. The third-order valence-corrected chi connectivity index (χ3v) is 4.17. The van der Waals surface area contributed by atoms with Crippen LogP contribution >= 0.6 is 0 Å². The Kier molecular flexibility index (Phi) is 5.84. The molecule has 0 saturated heterocycles. The molecule has 7 heteroatoms. The third-order valence-electron chi connectivity index (χ3n) is 4.17. The summed E-state index contributed by atoms with van der Waals surface area (Å²) >= 11 is 0. The lowest BCUT2D eigenvalue weighted by Crippen LogP contribution is -2.35. The molecule has 3 aromatic rings. The third kappa shape index (κ3) is 4.25. The molecule has 0 unspecified atom stereocenters. The van der Waals surface area contributed by atoms with Gasteiger partial charge in [0.2, 0.25) is 0 Å². The quantitative estimate of drug-likeness (QED) is 0.447. The van der Waals surface area contributed by atoms with Crippen LogP contribution in [0.3, 0.4) is 0 Å². The molecule has 2 aromatic carbocycles. The lowest BCUT2D eigenvalue weighted by atomic mass is 10.1. The van der Waals surface area contributed by atoms with Crippen molar-refractivity contribution in [3.63, 3.8) is 0 Å². The van der Waals surface area contributed by atoms with Gasteiger partial charge in [-0.2, -0.15) is 0 Å². The van der Waals surface area contributed by atoms with Gasteiger partial charge in [0.25, 0.3) is 0 Å². The van der Waals surface area contributed by atoms with Crippen LogP contribution in [0, 0.1) is 16.0 Å². The summed E-state index contributed by atoms with van der Waals surface area (Å²) in [5.74, 6) is 0.0795. The van der Waals surface area contributed by atoms with Crippen LogP contribution in [-0.2, 0) is 11.3 Å². The molecule has 0 saturated carbocycles. The van der Waals surface area contributed by atoms with E-state index in [0.717, 1.165) is 5.56 Å². The van der Waals surface area contributed by atoms with E-state index in [1.807, 2.05) is 44.2 Å². The number of carbonyl (C=O) groups excluding carboxylic acids is 1. The minimum absolute atomic E-state index is 0.0795. The monoisotopic (exact) mass is 379 g/mol. The number of nitro groups is 1. The van der Waals surface area contributed by atoms with Crippen LogP contribution in [0.5, 0.6) is 0 Å². The van der Waals surface area contributed by atoms with Gasteiger partial charge in [-0.3, -0.25) is 15.0 Å². The van der Waals surface area contributed by atoms with Crippen molar-refractivity contribution < 1.29 is 14.5 Å². The number of anilines is 1. The first-order chi connectivity index (χ1) is 13.5. The zero-order chi connectivity index (χ0) is 20.1. The van der Waals surface area contributed by atoms with Crippen molar-refractivity contribution in [1.82, 2.24) is 4.98 Å². The molecule has 0 bridgehead atoms. The molecule has 0 aliphatic carbocycles. The molecule has 1 heterocycles. The van der Waals surface area contributed by atoms with E-state index < -0.39 is 11.0 Å². The Morgan fingerprint density at radius 1 is 1.14 bits per heavy atom. The van der Waals surface area contributed by atoms with Crippen LogP contribution in [0.15, 0.2) is 60.8 Å². The topological polar surface area (TPSA) is 85.6 Å². The summed E-state index contributed by atoms with van der Waals surface area (Å²) in [7, 11) is 0. The van der Waals surface area contributed by atoms with Gasteiger partial charge in [0.05, 0.1) is 10.4 Å². The number of rotatable bonds is 6. The van der Waals surface area contributed by atoms with E-state index in [0.29, 0.717) is 10.9 Å². The van der Waals surface area contributed by atoms with Crippen molar-refractivity contribution in [3.8, 4) is 0 Å². The summed E-state index contributed by atoms with van der Waals surface area (Å²) in [5.41, 5.74) is 1.40. The molecule has 7 nitrogen and oxygen atoms in total. The van der Waals surface area contributed by atoms with E-state index in [4.69, 9.17) is 4.74 Å². The Labute approximate surface area is 162 Å². The number of hydrogen-bond acceptors (Lipinski definition) is 5. The average molecular weight is 379 g/mol. The number of ether oxygens (including phenoxy) is 1. The van der Waals surface area contributed by atoms with E-state index in [-0.39, 0.29) is 30.4 Å². The van der Waals surface area contributed by atoms with Gasteiger partial charge in [0, 0.05) is 11.9 Å². The number of pyridine rings is 1. The SMILES string of the molecule is CC(C)CN(C(=O)OCc1ccccc1)c1c([N+](=O)[O-])cnc2ccccc12. The van der Waals surface area contributed by atoms with Crippen molar-refractivity contribution >= 4 is 28.4 Å². The van der Waals surface area contributed by atoms with Gasteiger partial charge < -0.3 is 4.74 Å². The Morgan fingerprint density at radius 2 is 1.82 bits per heavy atom. The minimum atomic E-state index is -0.628. The van der Waals surface area contributed by atoms with Crippen molar-refractivity contribution in [1.29, 1.82) is 0 Å². The van der Waals surface area contributed by atoms with E-state index in [2.05, 4.69) is 4.98 Å². The van der Waals surface area contributed by atoms with E-state index in [9.17, 15) is 14.9 Å². The fraction of sp³-hybridized carbons (Fsp3) is 0.238. The average Bonchev–Trinajstić information content (AvgIpc) is 2.70. The highest BCUT2D eigenvalue weighted by atomic mass is 16.6. The summed E-state index contributed by atoms with van der Waals surface area (Å²) in [5, 5.41) is 12.2. The second kappa shape index (κ2) is 8.47. The van der Waals surface area contributed by atoms with Gasteiger partial charge in [-0.05, 0) is 17.5 Å². The number of carbonyl (C=O) groups is 1. The molecule has 1 amide bonds. The second-order valence-corrected chi connectivity index (χ2v) is 6.81. The van der Waals surface area contributed by atoms with Crippen LogP contribution in [0.1, 0.15) is 19.4 Å². The maximum Gasteiger partial charge on any atom is 0.414 e. The second-order valence-electron chi connectivity index (χ2n) is 6.81. The molecule has 0 aliphatic rings. The van der Waals surface area contributed by atoms with Crippen LogP contribution in [0.2, 0.25) is 0 Å². The number of hydrogen-bond donors (Lipinski definition) is 0. The lowest BCUT2D eigenvalue weighted by molar-refractivity contribution is -0.384. The summed E-state index contributed by atoms with van der Waals surface area (Å²) in [4.78, 5) is 29.6. The molecule has 0 fully saturated rings. The molecule has 0 aliphatic heterocycles. The van der Waals surface area contributed by atoms with Gasteiger partial charge in [-0.1, -0.05) is 62.4 Å². The highest BCUT2D eigenvalue weighted by Gasteiger charge is 2.29. The number of benzene rings is 2. The summed E-state index contributed by atoms with van der Waals surface area (Å²) in [6, 6.07) is 16.3. The lowest BCUT2D eigenvalue weighted by Gasteiger charge is -2.25. The fourth-order valence-corrected chi connectivity index (χ4v) is 2.95. The van der Waals surface area contributed by atoms with Crippen molar-refractivity contribution in [3.05, 3.63) is 76.5 Å². The van der Waals surface area contributed by atoms with Gasteiger partial charge >= 0.3 is 11.8 Å². The molecule has 3 rings (SSSR count). The predicted octanol–water partition coefficient (Wildman–Crippen LogP) is 4.94. The molecule has 1 aromatic heterocycles. The first-order valence-corrected chi connectivity index (χ1v) is 8.97. The Hall–Kier alpha value is -3.48. The molecule has 0 atom stereocenters. The molecule has 28 heavy (non-hydrogen) atoms. The first-order valence-electron chi connectivity index (χ1n) is 8.97. The highest BCUT2D eigenvalue weighted by Crippen LogP contribution is 2.35. The largest absolute Gasteiger partial charge is 0.444 e. The summed E-state index contributed by atoms with van der Waals surface area (Å²) < 4.78 is 5.47. The predicted molar refractivity (Wildman–Crippen MR) is 107 cm³/mol. The Morgan fingerprint density at radius 3 is 2.50 bits per heavy atom. The van der Waals surface area contributed by atoms with Gasteiger partial charge in [0.1, 0.15) is 18.5 Å². The molecule has 0 spiro atoms. The van der Waals surface area contributed by atoms with E-state index >= 15 is 0 Å². The van der Waals surface area contributed by atoms with E-state index in [1.54, 1.807) is 24.3 Å². The van der Waals surface area contributed by atoms with Crippen LogP contribution in [0.4, 0.5) is 16.2 Å². The van der Waals surface area contributed by atoms with Crippen LogP contribution in [0.25, 0.3) is 10.9 Å². The van der Waals surface area contributed by atoms with Crippen molar-refractivity contribution in [2.75, 3.05) is 11.4 Å². The zero-order valence-electron chi connectivity index (χ0n) is 15.7. The normalized spacial score (nSPS) is 10.8. The molecular formula is C21H21N3O4. The summed E-state index contributed by atoms with van der Waals surface area (Å²) in [6.07, 6.45) is 0.562. The van der Waals surface area contributed by atoms with Gasteiger partial charge in [0.15, 0.2) is 0 Å². The number of para-hydroxylation sites is 1. The standard InChI is InChI=1S/C21H21N3O4/c1-15(2)13-23(21(25)28-14-16-8-4-3-5-9-16)20-17-10-6-7-11-18(17)22-12-19(20)24(26)27/h3-12,15H,13-14H2,1-2H3. The number of aromatic nitrogens is 1. The Bertz CT molecular complexity index is 989. The molecular weight excluding hydrogens is 358 g/mol. The van der Waals surface area contributed by atoms with E-state index in [1.165, 1.54) is 11.1 Å². The van der Waals surface area contributed by atoms with Crippen molar-refractivity contribution in [2.24, 2.45) is 5.92 Å². The Balaban J connectivity index is 2.02. The molecule has 0 N–H and O–H groups in total. The van der Waals surface area contributed by atoms with Gasteiger partial charge in [-0.25, -0.2) is 9.78 Å².